The molecule has 1 unspecified atom stereocenters. The SMILES string of the molecule is COc1cccc(C2=C(C)CN=C3NC(C(C)(C)C)=C[N+]32[O-])c1. The Kier molecular flexibility index (Phi) is 3.58. The number of guanidine groups is 1. The first-order valence-corrected chi connectivity index (χ1v) is 7.75. The number of nitrogens with zero attached hydrogens (tertiary/aromatic N) is 2. The van der Waals surface area contributed by atoms with Crippen LogP contribution in [0.4, 0.5) is 0 Å². The van der Waals surface area contributed by atoms with Gasteiger partial charge in [-0.05, 0) is 25.1 Å². The minimum absolute atomic E-state index is 0.136. The molecule has 122 valence electrons. The molecule has 5 nitrogen and oxygen atoms in total. The number of hydrogen-bond acceptors (Lipinski definition) is 4. The van der Waals surface area contributed by atoms with Gasteiger partial charge in [0.05, 0.1) is 19.4 Å². The Bertz CT molecular complexity index is 741. The first-order chi connectivity index (χ1) is 10.8. The molecule has 1 aromatic rings. The number of methoxy groups -OCH3 is 1. The minimum atomic E-state index is -0.661. The largest absolute Gasteiger partial charge is 0.614 e. The van der Waals surface area contributed by atoms with Crippen molar-refractivity contribution in [2.45, 2.75) is 27.7 Å². The number of ether oxygens (including phenoxy) is 1. The van der Waals surface area contributed by atoms with Crippen molar-refractivity contribution < 1.29 is 9.38 Å². The van der Waals surface area contributed by atoms with Gasteiger partial charge in [-0.1, -0.05) is 26.8 Å². The molecule has 1 atom stereocenters. The summed E-state index contributed by atoms with van der Waals surface area (Å²) in [4.78, 5) is 4.45. The second-order valence-electron chi connectivity index (χ2n) is 7.08. The molecule has 2 aliphatic heterocycles. The molecule has 0 aromatic heterocycles. The van der Waals surface area contributed by atoms with Gasteiger partial charge in [0.2, 0.25) is 0 Å². The highest BCUT2D eigenvalue weighted by molar-refractivity contribution is 5.87. The van der Waals surface area contributed by atoms with Gasteiger partial charge in [0.25, 0.3) is 0 Å². The van der Waals surface area contributed by atoms with Gasteiger partial charge in [0.15, 0.2) is 5.70 Å². The molecule has 1 N–H and O–H groups in total. The predicted molar refractivity (Wildman–Crippen MR) is 92.2 cm³/mol. The van der Waals surface area contributed by atoms with Crippen LogP contribution in [0.15, 0.2) is 46.7 Å². The van der Waals surface area contributed by atoms with Gasteiger partial charge >= 0.3 is 5.96 Å². The van der Waals surface area contributed by atoms with Crippen molar-refractivity contribution in [3.63, 3.8) is 0 Å². The Labute approximate surface area is 137 Å². The molecule has 0 radical (unpaired) electrons. The zero-order valence-electron chi connectivity index (χ0n) is 14.3. The number of quaternary nitrogens is 1. The van der Waals surface area contributed by atoms with Crippen molar-refractivity contribution >= 4 is 11.7 Å². The lowest BCUT2D eigenvalue weighted by Crippen LogP contribution is -2.45. The van der Waals surface area contributed by atoms with Crippen molar-refractivity contribution in [2.75, 3.05) is 13.7 Å². The summed E-state index contributed by atoms with van der Waals surface area (Å²) in [7, 11) is 1.63. The first kappa shape index (κ1) is 15.8. The number of hydroxylamine groups is 3. The fraction of sp³-hybridized carbons (Fsp3) is 0.389. The quantitative estimate of drug-likeness (QED) is 0.670. The van der Waals surface area contributed by atoms with E-state index in [1.807, 2.05) is 31.2 Å². The Morgan fingerprint density at radius 3 is 2.70 bits per heavy atom. The van der Waals surface area contributed by atoms with Crippen molar-refractivity contribution in [3.05, 3.63) is 52.5 Å². The van der Waals surface area contributed by atoms with Crippen LogP contribution in [-0.4, -0.2) is 24.3 Å². The molecule has 23 heavy (non-hydrogen) atoms. The second kappa shape index (κ2) is 5.22. The topological polar surface area (TPSA) is 56.7 Å². The zero-order valence-corrected chi connectivity index (χ0v) is 14.3. The van der Waals surface area contributed by atoms with E-state index in [2.05, 4.69) is 31.1 Å². The summed E-state index contributed by atoms with van der Waals surface area (Å²) in [6, 6.07) is 7.64. The molecule has 5 heteroatoms. The van der Waals surface area contributed by atoms with Crippen LogP contribution in [-0.2, 0) is 0 Å². The summed E-state index contributed by atoms with van der Waals surface area (Å²) < 4.78 is 4.65. The van der Waals surface area contributed by atoms with Gasteiger partial charge in [-0.15, -0.1) is 0 Å². The van der Waals surface area contributed by atoms with Crippen LogP contribution in [0.5, 0.6) is 5.75 Å². The number of allylic oxidation sites excluding steroid dienone is 1. The average Bonchev–Trinajstić information content (AvgIpc) is 2.84. The van der Waals surface area contributed by atoms with Gasteiger partial charge in [-0.3, -0.25) is 5.32 Å². The van der Waals surface area contributed by atoms with E-state index >= 15 is 0 Å². The van der Waals surface area contributed by atoms with E-state index in [1.165, 1.54) is 0 Å². The maximum absolute atomic E-state index is 13.7. The molecule has 0 bridgehead atoms. The number of nitrogens with one attached hydrogen (secondary N) is 1. The van der Waals surface area contributed by atoms with E-state index in [1.54, 1.807) is 13.3 Å². The van der Waals surface area contributed by atoms with E-state index in [9.17, 15) is 5.21 Å². The van der Waals surface area contributed by atoms with Crippen LogP contribution in [0, 0.1) is 10.6 Å². The Morgan fingerprint density at radius 2 is 2.04 bits per heavy atom. The van der Waals surface area contributed by atoms with Gasteiger partial charge < -0.3 is 9.94 Å². The van der Waals surface area contributed by atoms with Crippen LogP contribution in [0.25, 0.3) is 5.70 Å². The molecular weight excluding hydrogens is 290 g/mol. The highest BCUT2D eigenvalue weighted by Crippen LogP contribution is 2.40. The molecular formula is C18H23N3O2. The summed E-state index contributed by atoms with van der Waals surface area (Å²) in [5, 5.41) is 16.9. The summed E-state index contributed by atoms with van der Waals surface area (Å²) in [5.74, 6) is 1.18. The monoisotopic (exact) mass is 313 g/mol. The van der Waals surface area contributed by atoms with Crippen LogP contribution in [0.3, 0.4) is 0 Å². The molecule has 2 aliphatic rings. The van der Waals surface area contributed by atoms with Gasteiger partial charge in [0, 0.05) is 16.6 Å². The lowest BCUT2D eigenvalue weighted by Gasteiger charge is -2.39. The minimum Gasteiger partial charge on any atom is -0.614 e. The maximum atomic E-state index is 13.7. The van der Waals surface area contributed by atoms with E-state index in [0.29, 0.717) is 12.5 Å². The molecule has 0 saturated carbocycles. The van der Waals surface area contributed by atoms with E-state index in [4.69, 9.17) is 4.74 Å². The molecule has 2 heterocycles. The number of benzene rings is 1. The van der Waals surface area contributed by atoms with Gasteiger partial charge in [-0.2, -0.15) is 0 Å². The molecule has 0 spiro atoms. The summed E-state index contributed by atoms with van der Waals surface area (Å²) in [6.07, 6.45) is 1.73. The summed E-state index contributed by atoms with van der Waals surface area (Å²) in [6.45, 7) is 8.74. The van der Waals surface area contributed by atoms with E-state index in [0.717, 1.165) is 28.3 Å². The molecule has 0 aliphatic carbocycles. The average molecular weight is 313 g/mol. The molecule has 0 saturated heterocycles. The summed E-state index contributed by atoms with van der Waals surface area (Å²) in [5.41, 5.74) is 3.34. The van der Waals surface area contributed by atoms with E-state index < -0.39 is 4.65 Å². The van der Waals surface area contributed by atoms with Crippen molar-refractivity contribution in [3.8, 4) is 5.75 Å². The third-order valence-corrected chi connectivity index (χ3v) is 4.23. The third-order valence-electron chi connectivity index (χ3n) is 4.23. The Hall–Kier alpha value is -2.11. The highest BCUT2D eigenvalue weighted by atomic mass is 16.6. The number of aliphatic imine (C=N–C) groups is 1. The summed E-state index contributed by atoms with van der Waals surface area (Å²) >= 11 is 0. The van der Waals surface area contributed by atoms with Crippen LogP contribution in [0.1, 0.15) is 33.3 Å². The Morgan fingerprint density at radius 1 is 1.30 bits per heavy atom. The zero-order chi connectivity index (χ0) is 16.8. The predicted octanol–water partition coefficient (Wildman–Crippen LogP) is 3.60. The van der Waals surface area contributed by atoms with Gasteiger partial charge in [0.1, 0.15) is 11.9 Å². The number of rotatable bonds is 2. The third kappa shape index (κ3) is 2.56. The fourth-order valence-corrected chi connectivity index (χ4v) is 2.94. The fourth-order valence-electron chi connectivity index (χ4n) is 2.94. The van der Waals surface area contributed by atoms with Crippen LogP contribution in [0.2, 0.25) is 0 Å². The molecule has 3 rings (SSSR count). The molecule has 1 aromatic carbocycles. The van der Waals surface area contributed by atoms with Gasteiger partial charge in [-0.25, -0.2) is 9.64 Å². The van der Waals surface area contributed by atoms with Crippen molar-refractivity contribution in [2.24, 2.45) is 10.4 Å². The lowest BCUT2D eigenvalue weighted by molar-refractivity contribution is -0.648. The van der Waals surface area contributed by atoms with Crippen LogP contribution < -0.4 is 10.1 Å². The number of hydrogen-bond donors (Lipinski definition) is 1. The molecule has 0 fully saturated rings. The van der Waals surface area contributed by atoms with Crippen molar-refractivity contribution in [1.29, 1.82) is 0 Å². The number of fused-ring (bicyclic) bond motifs is 1. The maximum Gasteiger partial charge on any atom is 0.312 e. The second-order valence-corrected chi connectivity index (χ2v) is 7.08. The molecule has 0 amide bonds. The van der Waals surface area contributed by atoms with E-state index in [-0.39, 0.29) is 5.41 Å². The Balaban J connectivity index is 2.14. The lowest BCUT2D eigenvalue weighted by atomic mass is 9.93. The first-order valence-electron chi connectivity index (χ1n) is 7.75. The normalized spacial score (nSPS) is 23.9. The van der Waals surface area contributed by atoms with Crippen LogP contribution >= 0.6 is 0 Å². The van der Waals surface area contributed by atoms with Crippen molar-refractivity contribution in [1.82, 2.24) is 5.32 Å². The smallest absolute Gasteiger partial charge is 0.312 e. The standard InChI is InChI=1S/C18H23N3O2/c1-12-10-19-17-20-15(18(2,3)4)11-21(17,22)16(12)13-7-6-8-14(9-13)23-5/h6-9,11H,10H2,1-5H3,(H,19,20). The highest BCUT2D eigenvalue weighted by Gasteiger charge is 2.43.